The van der Waals surface area contributed by atoms with Crippen LogP contribution in [0.25, 0.3) is 11.1 Å². The Bertz CT molecular complexity index is 814. The topological polar surface area (TPSA) is 86.2 Å². The van der Waals surface area contributed by atoms with E-state index in [0.717, 1.165) is 24.3 Å². The van der Waals surface area contributed by atoms with Crippen LogP contribution in [-0.4, -0.2) is 23.9 Å². The van der Waals surface area contributed by atoms with Gasteiger partial charge in [0.15, 0.2) is 0 Å². The number of alkyl halides is 6. The van der Waals surface area contributed by atoms with E-state index in [1.165, 1.54) is 0 Å². The minimum absolute atomic E-state index is 0.208. The molecule has 4 nitrogen and oxygen atoms in total. The molecule has 0 fully saturated rings. The van der Waals surface area contributed by atoms with Gasteiger partial charge in [0.1, 0.15) is 0 Å². The van der Waals surface area contributed by atoms with Crippen LogP contribution in [0.5, 0.6) is 0 Å². The standard InChI is InChI=1S/C16H10F6N2O2/c17-15(18,19)13(25)11-5-7(23)1-3-9(11)10-4-2-8(24)6-12(10)14(26)16(20,21)22/h1-6H,23-24H2. The van der Waals surface area contributed by atoms with E-state index in [9.17, 15) is 35.9 Å². The first-order valence-electron chi connectivity index (χ1n) is 6.85. The van der Waals surface area contributed by atoms with Gasteiger partial charge in [-0.2, -0.15) is 26.3 Å². The summed E-state index contributed by atoms with van der Waals surface area (Å²) in [5.41, 5.74) is 7.38. The van der Waals surface area contributed by atoms with Crippen molar-refractivity contribution < 1.29 is 35.9 Å². The van der Waals surface area contributed by atoms with Crippen molar-refractivity contribution in [1.82, 2.24) is 0 Å². The summed E-state index contributed by atoms with van der Waals surface area (Å²) in [7, 11) is 0. The molecule has 138 valence electrons. The van der Waals surface area contributed by atoms with Crippen LogP contribution in [0.4, 0.5) is 37.7 Å². The van der Waals surface area contributed by atoms with Crippen LogP contribution in [-0.2, 0) is 0 Å². The molecular weight excluding hydrogens is 366 g/mol. The minimum atomic E-state index is -5.29. The molecule has 0 aliphatic rings. The summed E-state index contributed by atoms with van der Waals surface area (Å²) in [4.78, 5) is 23.3. The summed E-state index contributed by atoms with van der Waals surface area (Å²) in [6.07, 6.45) is -10.6. The molecule has 0 spiro atoms. The molecule has 2 rings (SSSR count). The van der Waals surface area contributed by atoms with Crippen molar-refractivity contribution in [2.24, 2.45) is 0 Å². The second-order valence-electron chi connectivity index (χ2n) is 5.26. The van der Waals surface area contributed by atoms with Crippen LogP contribution in [0.2, 0.25) is 0 Å². The molecule has 0 saturated heterocycles. The number of nitrogens with two attached hydrogens (primary N) is 2. The summed E-state index contributed by atoms with van der Waals surface area (Å²) in [6.45, 7) is 0. The number of Topliss-reactive ketones (excluding diaryl/α,β-unsaturated/α-hetero) is 2. The highest BCUT2D eigenvalue weighted by molar-refractivity contribution is 6.11. The fourth-order valence-electron chi connectivity index (χ4n) is 2.27. The van der Waals surface area contributed by atoms with E-state index in [-0.39, 0.29) is 11.4 Å². The molecule has 26 heavy (non-hydrogen) atoms. The molecule has 0 aromatic heterocycles. The van der Waals surface area contributed by atoms with Crippen molar-refractivity contribution in [3.8, 4) is 11.1 Å². The molecule has 0 heterocycles. The molecule has 0 aliphatic heterocycles. The fraction of sp³-hybridized carbons (Fsp3) is 0.125. The molecular formula is C16H10F6N2O2. The molecule has 2 aromatic carbocycles. The Kier molecular flexibility index (Phi) is 4.71. The Hall–Kier alpha value is -3.04. The molecule has 0 atom stereocenters. The predicted molar refractivity (Wildman–Crippen MR) is 81.5 cm³/mol. The molecule has 0 amide bonds. The first-order chi connectivity index (χ1) is 11.8. The van der Waals surface area contributed by atoms with E-state index in [0.29, 0.717) is 12.1 Å². The van der Waals surface area contributed by atoms with Gasteiger partial charge in [0.2, 0.25) is 0 Å². The Morgan fingerprint density at radius 1 is 0.654 bits per heavy atom. The van der Waals surface area contributed by atoms with E-state index in [4.69, 9.17) is 11.5 Å². The molecule has 4 N–H and O–H groups in total. The number of carbonyl (C=O) groups is 2. The second kappa shape index (κ2) is 6.36. The number of carbonyl (C=O) groups excluding carboxylic acids is 2. The van der Waals surface area contributed by atoms with Gasteiger partial charge < -0.3 is 11.5 Å². The lowest BCUT2D eigenvalue weighted by Crippen LogP contribution is -2.25. The summed E-state index contributed by atoms with van der Waals surface area (Å²) >= 11 is 0. The predicted octanol–water partition coefficient (Wildman–Crippen LogP) is 4.01. The van der Waals surface area contributed by atoms with Gasteiger partial charge in [-0.25, -0.2) is 0 Å². The Morgan fingerprint density at radius 2 is 0.962 bits per heavy atom. The lowest BCUT2D eigenvalue weighted by atomic mass is 9.91. The Morgan fingerprint density at radius 3 is 1.23 bits per heavy atom. The van der Waals surface area contributed by atoms with Crippen molar-refractivity contribution in [3.63, 3.8) is 0 Å². The second-order valence-corrected chi connectivity index (χ2v) is 5.26. The SMILES string of the molecule is Nc1ccc(-c2ccc(N)cc2C(=O)C(F)(F)F)c(C(=O)C(F)(F)F)c1. The van der Waals surface area contributed by atoms with E-state index >= 15 is 0 Å². The molecule has 0 bridgehead atoms. The van der Waals surface area contributed by atoms with Crippen molar-refractivity contribution in [1.29, 1.82) is 0 Å². The largest absolute Gasteiger partial charge is 0.454 e. The van der Waals surface area contributed by atoms with Crippen molar-refractivity contribution in [2.75, 3.05) is 11.5 Å². The monoisotopic (exact) mass is 376 g/mol. The third kappa shape index (κ3) is 3.79. The zero-order valence-corrected chi connectivity index (χ0v) is 12.7. The number of benzene rings is 2. The van der Waals surface area contributed by atoms with Crippen LogP contribution in [0.15, 0.2) is 36.4 Å². The average molecular weight is 376 g/mol. The lowest BCUT2D eigenvalue weighted by molar-refractivity contribution is -0.0888. The number of nitrogen functional groups attached to an aromatic ring is 2. The molecule has 10 heteroatoms. The molecule has 0 radical (unpaired) electrons. The highest BCUT2D eigenvalue weighted by Gasteiger charge is 2.43. The third-order valence-corrected chi connectivity index (χ3v) is 3.38. The highest BCUT2D eigenvalue weighted by atomic mass is 19.4. The molecule has 0 saturated carbocycles. The number of anilines is 2. The normalized spacial score (nSPS) is 12.1. The first-order valence-corrected chi connectivity index (χ1v) is 6.85. The maximum Gasteiger partial charge on any atom is 0.454 e. The van der Waals surface area contributed by atoms with Gasteiger partial charge in [0, 0.05) is 22.5 Å². The quantitative estimate of drug-likeness (QED) is 0.482. The maximum atomic E-state index is 12.8. The smallest absolute Gasteiger partial charge is 0.399 e. The summed E-state index contributed by atoms with van der Waals surface area (Å²) in [6, 6.07) is 5.44. The number of halogens is 6. The van der Waals surface area contributed by atoms with Gasteiger partial charge in [-0.3, -0.25) is 9.59 Å². The fourth-order valence-corrected chi connectivity index (χ4v) is 2.27. The summed E-state index contributed by atoms with van der Waals surface area (Å²) in [5.74, 6) is -4.61. The first kappa shape index (κ1) is 19.3. The Labute approximate surface area is 142 Å². The van der Waals surface area contributed by atoms with Crippen molar-refractivity contribution in [2.45, 2.75) is 12.4 Å². The van der Waals surface area contributed by atoms with Crippen molar-refractivity contribution in [3.05, 3.63) is 47.5 Å². The van der Waals surface area contributed by atoms with Crippen LogP contribution >= 0.6 is 0 Å². The minimum Gasteiger partial charge on any atom is -0.399 e. The van der Waals surface area contributed by atoms with Gasteiger partial charge in [0.05, 0.1) is 0 Å². The van der Waals surface area contributed by atoms with E-state index in [1.807, 2.05) is 0 Å². The van der Waals surface area contributed by atoms with E-state index in [1.54, 1.807) is 0 Å². The van der Waals surface area contributed by atoms with E-state index in [2.05, 4.69) is 0 Å². The van der Waals surface area contributed by atoms with E-state index < -0.39 is 46.2 Å². The zero-order chi connectivity index (χ0) is 19.9. The zero-order valence-electron chi connectivity index (χ0n) is 12.7. The van der Waals surface area contributed by atoms with Crippen LogP contribution in [0, 0.1) is 0 Å². The molecule has 2 aromatic rings. The Balaban J connectivity index is 2.78. The van der Waals surface area contributed by atoms with Gasteiger partial charge in [-0.05, 0) is 35.4 Å². The van der Waals surface area contributed by atoms with Gasteiger partial charge >= 0.3 is 12.4 Å². The number of hydrogen-bond donors (Lipinski definition) is 2. The van der Waals surface area contributed by atoms with Gasteiger partial charge in [-0.15, -0.1) is 0 Å². The number of ketones is 2. The number of rotatable bonds is 3. The van der Waals surface area contributed by atoms with Crippen LogP contribution in [0.1, 0.15) is 20.7 Å². The third-order valence-electron chi connectivity index (χ3n) is 3.38. The maximum absolute atomic E-state index is 12.8. The summed E-state index contributed by atoms with van der Waals surface area (Å²) < 4.78 is 76.9. The average Bonchev–Trinajstić information content (AvgIpc) is 2.52. The molecule has 0 aliphatic carbocycles. The van der Waals surface area contributed by atoms with Gasteiger partial charge in [-0.1, -0.05) is 12.1 Å². The van der Waals surface area contributed by atoms with Crippen LogP contribution in [0.3, 0.4) is 0 Å². The number of hydrogen-bond acceptors (Lipinski definition) is 4. The highest BCUT2D eigenvalue weighted by Crippen LogP contribution is 2.36. The summed E-state index contributed by atoms with van der Waals surface area (Å²) in [5, 5.41) is 0. The van der Waals surface area contributed by atoms with Crippen LogP contribution < -0.4 is 11.5 Å². The van der Waals surface area contributed by atoms with Crippen molar-refractivity contribution >= 4 is 22.9 Å². The molecule has 0 unspecified atom stereocenters. The van der Waals surface area contributed by atoms with Gasteiger partial charge in [0.25, 0.3) is 11.6 Å². The lowest BCUT2D eigenvalue weighted by Gasteiger charge is -2.16.